The predicted molar refractivity (Wildman–Crippen MR) is 52.8 cm³/mol. The summed E-state index contributed by atoms with van der Waals surface area (Å²) in [5.74, 6) is 0.565. The van der Waals surface area contributed by atoms with Gasteiger partial charge < -0.3 is 5.32 Å². The summed E-state index contributed by atoms with van der Waals surface area (Å²) in [4.78, 5) is 11.2. The smallest absolute Gasteiger partial charge is 0.221 e. The van der Waals surface area contributed by atoms with Gasteiger partial charge in [0.2, 0.25) is 5.91 Å². The molecule has 0 aliphatic heterocycles. The van der Waals surface area contributed by atoms with Crippen molar-refractivity contribution in [1.29, 1.82) is 0 Å². The van der Waals surface area contributed by atoms with Gasteiger partial charge in [-0.2, -0.15) is 0 Å². The van der Waals surface area contributed by atoms with Crippen molar-refractivity contribution >= 4 is 17.5 Å². The van der Waals surface area contributed by atoms with Gasteiger partial charge in [-0.3, -0.25) is 4.79 Å². The first-order valence-corrected chi connectivity index (χ1v) is 5.66. The van der Waals surface area contributed by atoms with Crippen LogP contribution in [0.1, 0.15) is 38.5 Å². The molecule has 0 saturated heterocycles. The first kappa shape index (κ1) is 9.32. The number of hydrogen-bond acceptors (Lipinski definition) is 1. The molecule has 2 saturated carbocycles. The van der Waals surface area contributed by atoms with Crippen LogP contribution in [0.2, 0.25) is 0 Å². The van der Waals surface area contributed by atoms with Gasteiger partial charge in [0.1, 0.15) is 0 Å². The summed E-state index contributed by atoms with van der Waals surface area (Å²) in [6, 6.07) is 0.478. The third kappa shape index (κ3) is 1.83. The van der Waals surface area contributed by atoms with Crippen LogP contribution in [-0.2, 0) is 4.79 Å². The maximum absolute atomic E-state index is 11.2. The van der Waals surface area contributed by atoms with Crippen LogP contribution < -0.4 is 5.32 Å². The number of nitrogens with one attached hydrogen (secondary N) is 1. The van der Waals surface area contributed by atoms with E-state index in [1.807, 2.05) is 0 Å². The molecule has 0 aromatic rings. The molecule has 1 unspecified atom stereocenters. The van der Waals surface area contributed by atoms with E-state index in [0.29, 0.717) is 23.8 Å². The lowest BCUT2D eigenvalue weighted by Gasteiger charge is -2.08. The Balaban J connectivity index is 1.76. The van der Waals surface area contributed by atoms with E-state index < -0.39 is 0 Å². The molecular formula is C10H16ClNO. The first-order chi connectivity index (χ1) is 6.27. The zero-order valence-electron chi connectivity index (χ0n) is 7.81. The minimum Gasteiger partial charge on any atom is -0.353 e. The minimum absolute atomic E-state index is 0.128. The summed E-state index contributed by atoms with van der Waals surface area (Å²) in [5.41, 5.74) is 0.516. The molecule has 1 amide bonds. The van der Waals surface area contributed by atoms with Crippen LogP contribution in [-0.4, -0.2) is 17.8 Å². The Kier molecular flexibility index (Phi) is 2.50. The summed E-state index contributed by atoms with van der Waals surface area (Å²) in [5, 5.41) is 3.06. The molecule has 2 aliphatic carbocycles. The van der Waals surface area contributed by atoms with Crippen LogP contribution in [0.4, 0.5) is 0 Å². The van der Waals surface area contributed by atoms with Gasteiger partial charge >= 0.3 is 0 Å². The third-order valence-electron chi connectivity index (χ3n) is 3.45. The lowest BCUT2D eigenvalue weighted by Crippen LogP contribution is -2.29. The molecule has 0 aromatic heterocycles. The van der Waals surface area contributed by atoms with E-state index in [1.165, 1.54) is 32.1 Å². The molecule has 0 bridgehead atoms. The molecule has 1 N–H and O–H groups in total. The fourth-order valence-electron chi connectivity index (χ4n) is 2.54. The highest BCUT2D eigenvalue weighted by Gasteiger charge is 2.55. The Bertz CT molecular complexity index is 211. The van der Waals surface area contributed by atoms with Gasteiger partial charge in [0.15, 0.2) is 0 Å². The molecule has 2 fully saturated rings. The van der Waals surface area contributed by atoms with Crippen LogP contribution in [0.5, 0.6) is 0 Å². The molecule has 1 spiro atoms. The van der Waals surface area contributed by atoms with Crippen LogP contribution in [0.25, 0.3) is 0 Å². The highest BCUT2D eigenvalue weighted by molar-refractivity contribution is 6.18. The summed E-state index contributed by atoms with van der Waals surface area (Å²) in [6.45, 7) is 0. The molecule has 3 heteroatoms. The van der Waals surface area contributed by atoms with Gasteiger partial charge in [0.25, 0.3) is 0 Å². The zero-order chi connectivity index (χ0) is 9.31. The number of rotatable bonds is 3. The molecule has 2 aliphatic rings. The van der Waals surface area contributed by atoms with Crippen molar-refractivity contribution in [2.75, 3.05) is 5.88 Å². The summed E-state index contributed by atoms with van der Waals surface area (Å²) >= 11 is 5.49. The van der Waals surface area contributed by atoms with E-state index in [4.69, 9.17) is 11.6 Å². The monoisotopic (exact) mass is 201 g/mol. The van der Waals surface area contributed by atoms with E-state index in [1.54, 1.807) is 0 Å². The van der Waals surface area contributed by atoms with Gasteiger partial charge in [-0.05, 0) is 24.7 Å². The van der Waals surface area contributed by atoms with Crippen molar-refractivity contribution in [1.82, 2.24) is 5.32 Å². The lowest BCUT2D eigenvalue weighted by molar-refractivity contribution is -0.121. The maximum Gasteiger partial charge on any atom is 0.221 e. The van der Waals surface area contributed by atoms with Crippen LogP contribution >= 0.6 is 11.6 Å². The second-order valence-electron chi connectivity index (χ2n) is 4.33. The van der Waals surface area contributed by atoms with Gasteiger partial charge in [0, 0.05) is 18.3 Å². The quantitative estimate of drug-likeness (QED) is 0.696. The molecule has 0 heterocycles. The van der Waals surface area contributed by atoms with Crippen LogP contribution in [0.3, 0.4) is 0 Å². The Morgan fingerprint density at radius 3 is 2.77 bits per heavy atom. The highest BCUT2D eigenvalue weighted by Crippen LogP contribution is 2.57. The normalized spacial score (nSPS) is 29.2. The minimum atomic E-state index is 0.128. The zero-order valence-corrected chi connectivity index (χ0v) is 8.57. The van der Waals surface area contributed by atoms with E-state index in [0.717, 1.165) is 0 Å². The first-order valence-electron chi connectivity index (χ1n) is 5.12. The molecule has 0 radical (unpaired) electrons. The molecule has 1 atom stereocenters. The molecule has 2 rings (SSSR count). The number of carbonyl (C=O) groups is 1. The largest absolute Gasteiger partial charge is 0.353 e. The molecular weight excluding hydrogens is 186 g/mol. The van der Waals surface area contributed by atoms with Crippen LogP contribution in [0, 0.1) is 5.41 Å². The third-order valence-corrected chi connectivity index (χ3v) is 3.63. The van der Waals surface area contributed by atoms with Crippen molar-refractivity contribution in [2.24, 2.45) is 5.41 Å². The Labute approximate surface area is 84.0 Å². The van der Waals surface area contributed by atoms with E-state index in [9.17, 15) is 4.79 Å². The van der Waals surface area contributed by atoms with Gasteiger partial charge in [-0.15, -0.1) is 11.6 Å². The average molecular weight is 202 g/mol. The summed E-state index contributed by atoms with van der Waals surface area (Å²) in [6.07, 6.45) is 7.01. The Morgan fingerprint density at radius 2 is 2.15 bits per heavy atom. The number of halogens is 1. The van der Waals surface area contributed by atoms with E-state index in [2.05, 4.69) is 5.32 Å². The summed E-state index contributed by atoms with van der Waals surface area (Å²) < 4.78 is 0. The van der Waals surface area contributed by atoms with Crippen molar-refractivity contribution in [2.45, 2.75) is 44.6 Å². The highest BCUT2D eigenvalue weighted by atomic mass is 35.5. The van der Waals surface area contributed by atoms with E-state index in [-0.39, 0.29) is 5.91 Å². The topological polar surface area (TPSA) is 29.1 Å². The van der Waals surface area contributed by atoms with E-state index >= 15 is 0 Å². The number of carbonyl (C=O) groups excluding carboxylic acids is 1. The lowest BCUT2D eigenvalue weighted by atomic mass is 10.1. The number of alkyl halides is 1. The maximum atomic E-state index is 11.2. The van der Waals surface area contributed by atoms with Gasteiger partial charge in [0.05, 0.1) is 0 Å². The predicted octanol–water partition coefficient (Wildman–Crippen LogP) is 2.06. The van der Waals surface area contributed by atoms with Crippen molar-refractivity contribution in [3.05, 3.63) is 0 Å². The fourth-order valence-corrected chi connectivity index (χ4v) is 2.71. The van der Waals surface area contributed by atoms with Crippen LogP contribution in [0.15, 0.2) is 0 Å². The van der Waals surface area contributed by atoms with Crippen molar-refractivity contribution in [3.63, 3.8) is 0 Å². The molecule has 2 nitrogen and oxygen atoms in total. The summed E-state index contributed by atoms with van der Waals surface area (Å²) in [7, 11) is 0. The average Bonchev–Trinajstić information content (AvgIpc) is 2.56. The van der Waals surface area contributed by atoms with Gasteiger partial charge in [-0.1, -0.05) is 12.8 Å². The number of amides is 1. The molecule has 74 valence electrons. The van der Waals surface area contributed by atoms with Crippen molar-refractivity contribution in [3.8, 4) is 0 Å². The standard InChI is InChI=1S/C10H16ClNO/c11-6-3-9(13)12-8-7-10(8)4-1-2-5-10/h8H,1-7H2,(H,12,13). The van der Waals surface area contributed by atoms with Crippen molar-refractivity contribution < 1.29 is 4.79 Å². The Morgan fingerprint density at radius 1 is 1.46 bits per heavy atom. The second kappa shape index (κ2) is 3.49. The molecule has 13 heavy (non-hydrogen) atoms. The van der Waals surface area contributed by atoms with Gasteiger partial charge in [-0.25, -0.2) is 0 Å². The Hall–Kier alpha value is -0.240. The number of hydrogen-bond donors (Lipinski definition) is 1. The fraction of sp³-hybridized carbons (Fsp3) is 0.900. The molecule has 0 aromatic carbocycles. The second-order valence-corrected chi connectivity index (χ2v) is 4.71. The SMILES string of the molecule is O=C(CCCl)NC1CC12CCCC2.